The van der Waals surface area contributed by atoms with Gasteiger partial charge in [-0.05, 0) is 260 Å². The molecular formula is C86H86BrN15O13. The number of aromatic nitrogens is 15. The minimum atomic E-state index is -1.86. The Labute approximate surface area is 669 Å². The van der Waals surface area contributed by atoms with E-state index in [2.05, 4.69) is 71.3 Å². The van der Waals surface area contributed by atoms with Gasteiger partial charge in [0.1, 0.15) is 49.8 Å². The van der Waals surface area contributed by atoms with Crippen LogP contribution in [0, 0.1) is 62.3 Å². The second-order valence-corrected chi connectivity index (χ2v) is 29.8. The molecule has 12 aromatic heterocycles. The Hall–Kier alpha value is -13.0. The smallest absolute Gasteiger partial charge is 0.423 e. The molecule has 0 aliphatic heterocycles. The van der Waals surface area contributed by atoms with Crippen molar-refractivity contribution in [1.29, 1.82) is 0 Å². The van der Waals surface area contributed by atoms with Gasteiger partial charge in [-0.1, -0.05) is 51.9 Å². The summed E-state index contributed by atoms with van der Waals surface area (Å²) in [6, 6.07) is 43.3. The highest BCUT2D eigenvalue weighted by molar-refractivity contribution is 9.10. The fourth-order valence-electron chi connectivity index (χ4n) is 13.3. The highest BCUT2D eigenvalue weighted by atomic mass is 79.9. The highest BCUT2D eigenvalue weighted by Crippen LogP contribution is 2.45. The summed E-state index contributed by atoms with van der Waals surface area (Å²) in [6.07, 6.45) is 3.45. The quantitative estimate of drug-likeness (QED) is 0.0547. The Balaban J connectivity index is 0.000000152. The third-order valence-corrected chi connectivity index (χ3v) is 18.6. The van der Waals surface area contributed by atoms with E-state index in [-0.39, 0.29) is 48.0 Å². The van der Waals surface area contributed by atoms with Crippen LogP contribution in [-0.4, -0.2) is 127 Å². The fourth-order valence-corrected chi connectivity index (χ4v) is 13.8. The Morgan fingerprint density at radius 2 is 0.887 bits per heavy atom. The standard InChI is InChI=1S/C31H33N5O5.C25H26N4O5.C24H21N5O3.C6H6BrN/c1-8-39-28-34-27-22(31(38,24-13-9-10-15-32-24)25-14-11-12-18(2)33-25)16-21(26-19(3)35-41-20(26)4)17-23(27)36(28)29(37)40-30(5,6)7;1-7-32-23-27-21-17(22(30)18-10-8-9-11-26-18)12-16(20-14(2)28-34-15(20)3)13-19(21)29(23)24(31)33-25(4,5)6;1-13-7-6-9-20(26-13)24(31,19-8-4-5-10-25-19)17-11-16(21-14(2)29-32-15(21)3)12-18-22(17)28-23(30)27-18;1-5-3-2-4-6(7)8-5/h9-17,38H,8H2,1-7H3;8-13H,7H2,1-6H3;4-12,31H,1-3H3,(H2,27,28,30);2-4H,1H3. The molecule has 115 heavy (non-hydrogen) atoms. The number of imidazole rings is 3. The number of ether oxygens (including phenoxy) is 4. The van der Waals surface area contributed by atoms with Crippen LogP contribution in [-0.2, 0) is 20.7 Å². The van der Waals surface area contributed by atoms with Gasteiger partial charge < -0.3 is 52.7 Å². The van der Waals surface area contributed by atoms with Crippen LogP contribution in [0.5, 0.6) is 12.0 Å². The highest BCUT2D eigenvalue weighted by Gasteiger charge is 2.43. The van der Waals surface area contributed by atoms with Crippen molar-refractivity contribution in [2.45, 2.75) is 140 Å². The van der Waals surface area contributed by atoms with Crippen LogP contribution < -0.4 is 15.2 Å². The maximum atomic E-state index is 13.6. The van der Waals surface area contributed by atoms with E-state index in [1.165, 1.54) is 9.13 Å². The summed E-state index contributed by atoms with van der Waals surface area (Å²) in [4.78, 5) is 94.1. The number of hydrogen-bond acceptors (Lipinski definition) is 24. The molecule has 2 atom stereocenters. The van der Waals surface area contributed by atoms with Crippen LogP contribution in [0.3, 0.4) is 0 Å². The molecule has 12 heterocycles. The lowest BCUT2D eigenvalue weighted by Gasteiger charge is -2.29. The minimum absolute atomic E-state index is 0.0366. The zero-order chi connectivity index (χ0) is 82.6. The van der Waals surface area contributed by atoms with E-state index in [0.29, 0.717) is 118 Å². The van der Waals surface area contributed by atoms with Gasteiger partial charge in [-0.15, -0.1) is 0 Å². The molecule has 29 heteroatoms. The lowest BCUT2D eigenvalue weighted by molar-refractivity contribution is 0.0515. The molecule has 0 fully saturated rings. The Bertz CT molecular complexity index is 6080. The van der Waals surface area contributed by atoms with Crippen molar-refractivity contribution in [2.75, 3.05) is 13.2 Å². The molecule has 15 rings (SSSR count). The van der Waals surface area contributed by atoms with Gasteiger partial charge >= 0.3 is 29.9 Å². The number of benzene rings is 3. The van der Waals surface area contributed by atoms with Gasteiger partial charge in [-0.3, -0.25) is 29.7 Å². The van der Waals surface area contributed by atoms with Gasteiger partial charge in [0.15, 0.2) is 11.2 Å². The van der Waals surface area contributed by atoms with Crippen LogP contribution in [0.4, 0.5) is 9.59 Å². The van der Waals surface area contributed by atoms with E-state index < -0.39 is 34.6 Å². The van der Waals surface area contributed by atoms with Gasteiger partial charge in [0, 0.05) is 63.5 Å². The van der Waals surface area contributed by atoms with E-state index in [1.54, 1.807) is 166 Å². The number of hydrogen-bond donors (Lipinski definition) is 4. The first-order valence-electron chi connectivity index (χ1n) is 36.8. The van der Waals surface area contributed by atoms with Crippen molar-refractivity contribution in [1.82, 2.24) is 74.4 Å². The maximum absolute atomic E-state index is 13.6. The van der Waals surface area contributed by atoms with Crippen molar-refractivity contribution in [3.05, 3.63) is 276 Å². The van der Waals surface area contributed by atoms with Crippen LogP contribution in [0.1, 0.15) is 157 Å². The molecule has 15 aromatic rings. The molecular weight excluding hydrogens is 1530 g/mol. The molecule has 590 valence electrons. The normalized spacial score (nSPS) is 12.5. The summed E-state index contributed by atoms with van der Waals surface area (Å²) in [5.74, 6) is 1.47. The maximum Gasteiger partial charge on any atom is 0.423 e. The minimum Gasteiger partial charge on any atom is -0.465 e. The summed E-state index contributed by atoms with van der Waals surface area (Å²) in [5.41, 5.74) is 8.50. The summed E-state index contributed by atoms with van der Waals surface area (Å²) in [7, 11) is 0. The zero-order valence-electron chi connectivity index (χ0n) is 66.6. The zero-order valence-corrected chi connectivity index (χ0v) is 68.2. The molecule has 0 amide bonds. The molecule has 0 aliphatic rings. The van der Waals surface area contributed by atoms with Crippen molar-refractivity contribution in [3.63, 3.8) is 0 Å². The fraction of sp³-hybridized carbons (Fsp3) is 0.267. The molecule has 0 saturated heterocycles. The summed E-state index contributed by atoms with van der Waals surface area (Å²) < 4.78 is 42.5. The first-order chi connectivity index (χ1) is 54.7. The number of rotatable bonds is 15. The number of halogens is 1. The molecule has 4 N–H and O–H groups in total. The van der Waals surface area contributed by atoms with E-state index >= 15 is 0 Å². The largest absolute Gasteiger partial charge is 0.465 e. The van der Waals surface area contributed by atoms with E-state index in [1.807, 2.05) is 116 Å². The number of aromatic amines is 2. The van der Waals surface area contributed by atoms with Crippen LogP contribution in [0.15, 0.2) is 187 Å². The van der Waals surface area contributed by atoms with Gasteiger partial charge in [0.2, 0.25) is 5.78 Å². The molecule has 28 nitrogen and oxygen atoms in total. The van der Waals surface area contributed by atoms with Crippen molar-refractivity contribution in [3.8, 4) is 45.4 Å². The van der Waals surface area contributed by atoms with E-state index in [4.69, 9.17) is 42.5 Å². The molecule has 0 saturated carbocycles. The van der Waals surface area contributed by atoms with E-state index in [9.17, 15) is 29.4 Å². The number of fused-ring (bicyclic) bond motifs is 3. The van der Waals surface area contributed by atoms with Crippen LogP contribution in [0.2, 0.25) is 0 Å². The van der Waals surface area contributed by atoms with Gasteiger partial charge in [-0.25, -0.2) is 19.4 Å². The third kappa shape index (κ3) is 17.2. The monoisotopic (exact) mass is 1620 g/mol. The van der Waals surface area contributed by atoms with Crippen molar-refractivity contribution in [2.24, 2.45) is 0 Å². The third-order valence-electron chi connectivity index (χ3n) is 18.1. The Morgan fingerprint density at radius 3 is 1.30 bits per heavy atom. The van der Waals surface area contributed by atoms with Crippen LogP contribution >= 0.6 is 15.9 Å². The lowest BCUT2D eigenvalue weighted by Crippen LogP contribution is -2.32. The predicted octanol–water partition coefficient (Wildman–Crippen LogP) is 16.7. The SMILES string of the molecule is CCOc1nc2c(C(=O)c3ccccn3)cc(-c3c(C)noc3C)cc2n1C(=O)OC(C)(C)C.CCOc1nc2c(C(O)(c3ccccn3)c3cccc(C)n3)cc(-c3c(C)noc3C)cc2n1C(=O)OC(C)(C)C.Cc1cccc(Br)n1.Cc1cccc(C(O)(c2ccccn2)c2cc(-c3c(C)noc3C)cc3[nH]c(=O)[nH]c23)n1. The number of nitrogens with zero attached hydrogens (tertiary/aromatic N) is 13. The topological polar surface area (TPSA) is 368 Å². The number of aliphatic hydroxyl groups is 2. The first kappa shape index (κ1) is 81.5. The molecule has 3 aromatic carbocycles. The van der Waals surface area contributed by atoms with Crippen molar-refractivity contribution < 1.29 is 57.1 Å². The molecule has 0 radical (unpaired) electrons. The second-order valence-electron chi connectivity index (χ2n) is 29.0. The number of carbonyl (C=O) groups is 3. The molecule has 2 unspecified atom stereocenters. The summed E-state index contributed by atoms with van der Waals surface area (Å²) in [5, 5.41) is 37.3. The number of H-pyrrole nitrogens is 2. The molecule has 0 bridgehead atoms. The van der Waals surface area contributed by atoms with Crippen LogP contribution in [0.25, 0.3) is 66.5 Å². The average molecular weight is 1620 g/mol. The number of nitrogens with one attached hydrogen (secondary N) is 2. The summed E-state index contributed by atoms with van der Waals surface area (Å²) >= 11 is 3.25. The molecule has 0 spiro atoms. The Kier molecular flexibility index (Phi) is 23.6. The van der Waals surface area contributed by atoms with Gasteiger partial charge in [-0.2, -0.15) is 19.1 Å². The number of pyridine rings is 6. The van der Waals surface area contributed by atoms with Gasteiger partial charge in [0.25, 0.3) is 0 Å². The Morgan fingerprint density at radius 1 is 0.470 bits per heavy atom. The van der Waals surface area contributed by atoms with Gasteiger partial charge in [0.05, 0.1) is 80.7 Å². The summed E-state index contributed by atoms with van der Waals surface area (Å²) in [6.45, 7) is 31.4. The number of carbonyl (C=O) groups excluding carboxylic acids is 3. The molecule has 0 aliphatic carbocycles. The van der Waals surface area contributed by atoms with E-state index in [0.717, 1.165) is 38.2 Å². The van der Waals surface area contributed by atoms with Crippen molar-refractivity contribution >= 4 is 67.0 Å². The lowest BCUT2D eigenvalue weighted by atomic mass is 9.83. The number of ketones is 1. The predicted molar refractivity (Wildman–Crippen MR) is 434 cm³/mol. The first-order valence-corrected chi connectivity index (χ1v) is 37.6. The number of aryl methyl sites for hydroxylation is 9. The second kappa shape index (κ2) is 33.4. The average Bonchev–Trinajstić information content (AvgIpc) is 1.69.